The minimum Gasteiger partial charge on any atom is -0.350 e. The van der Waals surface area contributed by atoms with E-state index in [-0.39, 0.29) is 16.8 Å². The Balaban J connectivity index is 1.86. The van der Waals surface area contributed by atoms with Gasteiger partial charge in [-0.1, -0.05) is 17.7 Å². The summed E-state index contributed by atoms with van der Waals surface area (Å²) in [7, 11) is 0. The number of carbonyl (C=O) groups excluding carboxylic acids is 1. The normalized spacial score (nSPS) is 10.1. The van der Waals surface area contributed by atoms with E-state index in [1.54, 1.807) is 12.4 Å². The summed E-state index contributed by atoms with van der Waals surface area (Å²) in [5.41, 5.74) is 1.28. The van der Waals surface area contributed by atoms with Crippen molar-refractivity contribution in [2.24, 2.45) is 0 Å². The van der Waals surface area contributed by atoms with Gasteiger partial charge in [0, 0.05) is 18.9 Å². The highest BCUT2D eigenvalue weighted by atomic mass is 35.5. The third-order valence-corrected chi connectivity index (χ3v) is 2.44. The minimum atomic E-state index is -0.283. The molecule has 0 unspecified atom stereocenters. The summed E-state index contributed by atoms with van der Waals surface area (Å²) >= 11 is 5.66. The summed E-state index contributed by atoms with van der Waals surface area (Å²) < 4.78 is 0. The predicted octanol–water partition coefficient (Wildman–Crippen LogP) is 1.50. The van der Waals surface area contributed by atoms with Crippen LogP contribution in [-0.4, -0.2) is 27.4 Å². The maximum Gasteiger partial charge on any atom is 0.271 e. The first-order valence-corrected chi connectivity index (χ1v) is 5.78. The average Bonchev–Trinajstić information content (AvgIpc) is 2.40. The topological polar surface area (TPSA) is 67.8 Å². The van der Waals surface area contributed by atoms with Gasteiger partial charge in [0.05, 0.1) is 12.4 Å². The van der Waals surface area contributed by atoms with E-state index < -0.39 is 0 Å². The van der Waals surface area contributed by atoms with E-state index in [9.17, 15) is 4.79 Å². The third-order valence-electron chi connectivity index (χ3n) is 2.26. The summed E-state index contributed by atoms with van der Waals surface area (Å²) in [5.74, 6) is -0.283. The first-order chi connectivity index (χ1) is 8.75. The number of hydrogen-bond acceptors (Lipinski definition) is 4. The molecule has 0 spiro atoms. The number of nitrogens with one attached hydrogen (secondary N) is 1. The van der Waals surface area contributed by atoms with Crippen molar-refractivity contribution >= 4 is 17.5 Å². The van der Waals surface area contributed by atoms with Gasteiger partial charge in [0.25, 0.3) is 5.91 Å². The van der Waals surface area contributed by atoms with E-state index in [1.807, 2.05) is 12.1 Å². The van der Waals surface area contributed by atoms with Gasteiger partial charge in [-0.3, -0.25) is 14.8 Å². The van der Waals surface area contributed by atoms with Crippen LogP contribution in [0.15, 0.2) is 36.9 Å². The molecule has 1 amide bonds. The predicted molar refractivity (Wildman–Crippen MR) is 67.3 cm³/mol. The van der Waals surface area contributed by atoms with Gasteiger partial charge in [0.2, 0.25) is 0 Å². The zero-order valence-corrected chi connectivity index (χ0v) is 10.3. The molecule has 0 aromatic carbocycles. The lowest BCUT2D eigenvalue weighted by molar-refractivity contribution is 0.0948. The summed E-state index contributed by atoms with van der Waals surface area (Å²) in [6.45, 7) is 0.513. The SMILES string of the molecule is O=C(NCCc1cccnc1)c1cncc(Cl)n1. The lowest BCUT2D eigenvalue weighted by atomic mass is 10.2. The van der Waals surface area contributed by atoms with Crippen molar-refractivity contribution in [3.05, 3.63) is 53.3 Å². The molecule has 0 saturated carbocycles. The second-order valence-electron chi connectivity index (χ2n) is 3.59. The Morgan fingerprint density at radius 2 is 2.17 bits per heavy atom. The number of rotatable bonds is 4. The molecular weight excluding hydrogens is 252 g/mol. The molecule has 0 aliphatic heterocycles. The summed E-state index contributed by atoms with van der Waals surface area (Å²) in [6.07, 6.45) is 6.96. The van der Waals surface area contributed by atoms with Gasteiger partial charge >= 0.3 is 0 Å². The standard InChI is InChI=1S/C12H11ClN4O/c13-11-8-15-7-10(17-11)12(18)16-5-3-9-2-1-4-14-6-9/h1-2,4,6-8H,3,5H2,(H,16,18). The fourth-order valence-corrected chi connectivity index (χ4v) is 1.56. The molecule has 5 nitrogen and oxygen atoms in total. The highest BCUT2D eigenvalue weighted by Gasteiger charge is 2.07. The third kappa shape index (κ3) is 3.49. The molecule has 0 saturated heterocycles. The smallest absolute Gasteiger partial charge is 0.271 e. The first kappa shape index (κ1) is 12.4. The van der Waals surface area contributed by atoms with Gasteiger partial charge in [-0.25, -0.2) is 4.98 Å². The Hall–Kier alpha value is -2.01. The maximum atomic E-state index is 11.7. The Morgan fingerprint density at radius 3 is 2.89 bits per heavy atom. The van der Waals surface area contributed by atoms with Crippen LogP contribution in [-0.2, 0) is 6.42 Å². The van der Waals surface area contributed by atoms with Crippen molar-refractivity contribution in [2.75, 3.05) is 6.54 Å². The van der Waals surface area contributed by atoms with Crippen LogP contribution in [0.25, 0.3) is 0 Å². The minimum absolute atomic E-state index is 0.204. The highest BCUT2D eigenvalue weighted by molar-refractivity contribution is 6.29. The lowest BCUT2D eigenvalue weighted by Crippen LogP contribution is -2.26. The Kier molecular flexibility index (Phi) is 4.20. The molecular formula is C12H11ClN4O. The molecule has 0 radical (unpaired) electrons. The van der Waals surface area contributed by atoms with Crippen molar-refractivity contribution in [3.63, 3.8) is 0 Å². The molecule has 0 bridgehead atoms. The molecule has 18 heavy (non-hydrogen) atoms. The van der Waals surface area contributed by atoms with Crippen LogP contribution in [0.3, 0.4) is 0 Å². The van der Waals surface area contributed by atoms with Gasteiger partial charge < -0.3 is 5.32 Å². The number of carbonyl (C=O) groups is 1. The van der Waals surface area contributed by atoms with Gasteiger partial charge in [0.1, 0.15) is 10.8 Å². The van der Waals surface area contributed by atoms with Gasteiger partial charge in [0.15, 0.2) is 0 Å². The molecule has 6 heteroatoms. The van der Waals surface area contributed by atoms with Crippen LogP contribution >= 0.6 is 11.6 Å². The van der Waals surface area contributed by atoms with Gasteiger partial charge in [-0.05, 0) is 18.1 Å². The zero-order valence-electron chi connectivity index (χ0n) is 9.51. The molecule has 92 valence electrons. The van der Waals surface area contributed by atoms with Gasteiger partial charge in [-0.15, -0.1) is 0 Å². The van der Waals surface area contributed by atoms with Crippen LogP contribution in [0.2, 0.25) is 5.15 Å². The van der Waals surface area contributed by atoms with E-state index in [0.29, 0.717) is 13.0 Å². The van der Waals surface area contributed by atoms with E-state index in [1.165, 1.54) is 12.4 Å². The maximum absolute atomic E-state index is 11.7. The number of hydrogen-bond donors (Lipinski definition) is 1. The second-order valence-corrected chi connectivity index (χ2v) is 3.98. The van der Waals surface area contributed by atoms with Crippen LogP contribution in [0, 0.1) is 0 Å². The molecule has 2 aromatic rings. The molecule has 0 aliphatic rings. The van der Waals surface area contributed by atoms with Crippen LogP contribution < -0.4 is 5.32 Å². The quantitative estimate of drug-likeness (QED) is 0.907. The van der Waals surface area contributed by atoms with Crippen molar-refractivity contribution in [1.82, 2.24) is 20.3 Å². The Morgan fingerprint density at radius 1 is 1.28 bits per heavy atom. The fraction of sp³-hybridized carbons (Fsp3) is 0.167. The van der Waals surface area contributed by atoms with Crippen LogP contribution in [0.5, 0.6) is 0 Å². The second kappa shape index (κ2) is 6.07. The molecule has 2 aromatic heterocycles. The van der Waals surface area contributed by atoms with Crippen molar-refractivity contribution in [2.45, 2.75) is 6.42 Å². The van der Waals surface area contributed by atoms with E-state index in [2.05, 4.69) is 20.3 Å². The van der Waals surface area contributed by atoms with E-state index in [0.717, 1.165) is 5.56 Å². The van der Waals surface area contributed by atoms with Gasteiger partial charge in [-0.2, -0.15) is 0 Å². The molecule has 1 N–H and O–H groups in total. The Labute approximate surface area is 109 Å². The lowest BCUT2D eigenvalue weighted by Gasteiger charge is -2.04. The molecule has 2 heterocycles. The molecule has 0 fully saturated rings. The van der Waals surface area contributed by atoms with E-state index in [4.69, 9.17) is 11.6 Å². The number of aromatic nitrogens is 3. The monoisotopic (exact) mass is 262 g/mol. The summed E-state index contributed by atoms with van der Waals surface area (Å²) in [4.78, 5) is 23.4. The number of amides is 1. The first-order valence-electron chi connectivity index (χ1n) is 5.40. The highest BCUT2D eigenvalue weighted by Crippen LogP contribution is 2.02. The van der Waals surface area contributed by atoms with Crippen LogP contribution in [0.1, 0.15) is 16.1 Å². The summed E-state index contributed by atoms with van der Waals surface area (Å²) in [5, 5.41) is 2.95. The number of halogens is 1. The van der Waals surface area contributed by atoms with Crippen molar-refractivity contribution in [1.29, 1.82) is 0 Å². The zero-order chi connectivity index (χ0) is 12.8. The number of pyridine rings is 1. The fourth-order valence-electron chi connectivity index (χ4n) is 1.41. The number of nitrogens with zero attached hydrogens (tertiary/aromatic N) is 3. The summed E-state index contributed by atoms with van der Waals surface area (Å²) in [6, 6.07) is 3.82. The van der Waals surface area contributed by atoms with Crippen molar-refractivity contribution < 1.29 is 4.79 Å². The van der Waals surface area contributed by atoms with Crippen LogP contribution in [0.4, 0.5) is 0 Å². The van der Waals surface area contributed by atoms with Crippen molar-refractivity contribution in [3.8, 4) is 0 Å². The molecule has 0 atom stereocenters. The average molecular weight is 263 g/mol. The Bertz CT molecular complexity index is 533. The largest absolute Gasteiger partial charge is 0.350 e. The molecule has 0 aliphatic carbocycles. The van der Waals surface area contributed by atoms with E-state index >= 15 is 0 Å². The molecule has 2 rings (SSSR count).